The van der Waals surface area contributed by atoms with Gasteiger partial charge in [-0.1, -0.05) is 25.5 Å². The Morgan fingerprint density at radius 3 is 2.23 bits per heavy atom. The second kappa shape index (κ2) is 5.57. The summed E-state index contributed by atoms with van der Waals surface area (Å²) in [5.74, 6) is -0.264. The number of carboxylic acids is 1. The molecule has 0 fully saturated rings. The number of allylic oxidation sites excluding steroid dienone is 3. The van der Waals surface area contributed by atoms with Gasteiger partial charge in [-0.3, -0.25) is 0 Å². The van der Waals surface area contributed by atoms with Crippen LogP contribution in [0.5, 0.6) is 0 Å². The summed E-state index contributed by atoms with van der Waals surface area (Å²) in [4.78, 5) is 10.3. The van der Waals surface area contributed by atoms with Gasteiger partial charge in [-0.25, -0.2) is 4.79 Å². The molecule has 0 saturated heterocycles. The van der Waals surface area contributed by atoms with Gasteiger partial charge in [-0.15, -0.1) is 0 Å². The van der Waals surface area contributed by atoms with Crippen molar-refractivity contribution < 1.29 is 9.90 Å². The van der Waals surface area contributed by atoms with Crippen molar-refractivity contribution in [3.05, 3.63) is 23.3 Å². The lowest BCUT2D eigenvalue weighted by Crippen LogP contribution is -1.91. The van der Waals surface area contributed by atoms with Gasteiger partial charge in [0.15, 0.2) is 0 Å². The average molecular weight is 182 g/mol. The Morgan fingerprint density at radius 1 is 1.31 bits per heavy atom. The number of carboxylic acid groups (broad SMARTS) is 1. The van der Waals surface area contributed by atoms with Gasteiger partial charge in [0.2, 0.25) is 0 Å². The van der Waals surface area contributed by atoms with Crippen molar-refractivity contribution in [2.24, 2.45) is 5.92 Å². The molecule has 0 unspecified atom stereocenters. The minimum Gasteiger partial charge on any atom is -0.478 e. The zero-order valence-corrected chi connectivity index (χ0v) is 8.79. The molecule has 0 aromatic heterocycles. The molecular formula is C11H18O2. The van der Waals surface area contributed by atoms with E-state index in [0.29, 0.717) is 5.92 Å². The molecule has 0 heterocycles. The lowest BCUT2D eigenvalue weighted by Gasteiger charge is -2.04. The van der Waals surface area contributed by atoms with Crippen molar-refractivity contribution in [2.45, 2.75) is 34.1 Å². The summed E-state index contributed by atoms with van der Waals surface area (Å²) in [5.41, 5.74) is 2.02. The summed E-state index contributed by atoms with van der Waals surface area (Å²) in [6, 6.07) is 0. The van der Waals surface area contributed by atoms with E-state index in [-0.39, 0.29) is 0 Å². The average Bonchev–Trinajstić information content (AvgIpc) is 1.80. The highest BCUT2D eigenvalue weighted by Gasteiger charge is 1.96. The molecule has 0 radical (unpaired) electrons. The maximum Gasteiger partial charge on any atom is 0.328 e. The third-order valence-electron chi connectivity index (χ3n) is 1.56. The van der Waals surface area contributed by atoms with Crippen LogP contribution in [0.4, 0.5) is 0 Å². The molecule has 0 aliphatic rings. The molecule has 0 rings (SSSR count). The summed E-state index contributed by atoms with van der Waals surface area (Å²) in [6.07, 6.45) is 4.17. The van der Waals surface area contributed by atoms with Crippen LogP contribution in [0, 0.1) is 5.92 Å². The molecular weight excluding hydrogens is 164 g/mol. The summed E-state index contributed by atoms with van der Waals surface area (Å²) in [5, 5.41) is 8.47. The second-order valence-corrected chi connectivity index (χ2v) is 3.82. The van der Waals surface area contributed by atoms with E-state index in [2.05, 4.69) is 13.8 Å². The molecule has 0 aromatic carbocycles. The predicted octanol–water partition coefficient (Wildman–Crippen LogP) is 3.01. The molecule has 0 aromatic rings. The van der Waals surface area contributed by atoms with Crippen LogP contribution in [-0.2, 0) is 4.79 Å². The smallest absolute Gasteiger partial charge is 0.328 e. The number of aliphatic carboxylic acids is 1. The van der Waals surface area contributed by atoms with Gasteiger partial charge < -0.3 is 5.11 Å². The summed E-state index contributed by atoms with van der Waals surface area (Å²) in [6.45, 7) is 8.12. The largest absolute Gasteiger partial charge is 0.478 e. The number of hydrogen-bond donors (Lipinski definition) is 1. The van der Waals surface area contributed by atoms with Crippen LogP contribution in [-0.4, -0.2) is 11.1 Å². The first kappa shape index (κ1) is 11.9. The molecule has 1 N–H and O–H groups in total. The van der Waals surface area contributed by atoms with Gasteiger partial charge in [-0.2, -0.15) is 0 Å². The van der Waals surface area contributed by atoms with Crippen LogP contribution in [0.25, 0.3) is 0 Å². The first-order valence-corrected chi connectivity index (χ1v) is 4.50. The molecule has 74 valence electrons. The molecule has 0 saturated carbocycles. The van der Waals surface area contributed by atoms with E-state index >= 15 is 0 Å². The molecule has 0 spiro atoms. The van der Waals surface area contributed by atoms with Crippen molar-refractivity contribution in [1.29, 1.82) is 0 Å². The Bertz CT molecular complexity index is 234. The van der Waals surface area contributed by atoms with Gasteiger partial charge in [0.05, 0.1) is 0 Å². The van der Waals surface area contributed by atoms with E-state index < -0.39 is 5.97 Å². The van der Waals surface area contributed by atoms with E-state index in [9.17, 15) is 4.79 Å². The van der Waals surface area contributed by atoms with Crippen molar-refractivity contribution in [1.82, 2.24) is 0 Å². The number of carbonyl (C=O) groups is 1. The third kappa shape index (κ3) is 7.32. The van der Waals surface area contributed by atoms with Gasteiger partial charge >= 0.3 is 5.97 Å². The molecule has 0 aliphatic heterocycles. The first-order chi connectivity index (χ1) is 5.91. The lowest BCUT2D eigenvalue weighted by atomic mass is 10.0. The highest BCUT2D eigenvalue weighted by atomic mass is 16.4. The molecule has 0 bridgehead atoms. The van der Waals surface area contributed by atoms with Crippen LogP contribution in [0.1, 0.15) is 34.1 Å². The van der Waals surface area contributed by atoms with Gasteiger partial charge in [0, 0.05) is 6.08 Å². The van der Waals surface area contributed by atoms with Crippen LogP contribution in [0.2, 0.25) is 0 Å². The van der Waals surface area contributed by atoms with E-state index in [1.165, 1.54) is 11.6 Å². The van der Waals surface area contributed by atoms with Crippen molar-refractivity contribution in [2.75, 3.05) is 0 Å². The van der Waals surface area contributed by atoms with Crippen LogP contribution >= 0.6 is 0 Å². The predicted molar refractivity (Wildman–Crippen MR) is 54.6 cm³/mol. The number of hydrogen-bond acceptors (Lipinski definition) is 1. The summed E-state index contributed by atoms with van der Waals surface area (Å²) in [7, 11) is 0. The zero-order chi connectivity index (χ0) is 10.4. The van der Waals surface area contributed by atoms with E-state index in [1.54, 1.807) is 6.92 Å². The molecule has 2 nitrogen and oxygen atoms in total. The number of rotatable bonds is 4. The lowest BCUT2D eigenvalue weighted by molar-refractivity contribution is -0.131. The fraction of sp³-hybridized carbons (Fsp3) is 0.545. The Kier molecular flexibility index (Phi) is 5.12. The van der Waals surface area contributed by atoms with Crippen molar-refractivity contribution >= 4 is 5.97 Å². The monoisotopic (exact) mass is 182 g/mol. The Balaban J connectivity index is 4.29. The molecule has 0 atom stereocenters. The minimum absolute atomic E-state index is 0.619. The van der Waals surface area contributed by atoms with E-state index in [1.807, 2.05) is 13.0 Å². The Hall–Kier alpha value is -1.05. The molecule has 13 heavy (non-hydrogen) atoms. The van der Waals surface area contributed by atoms with Crippen LogP contribution in [0.3, 0.4) is 0 Å². The summed E-state index contributed by atoms with van der Waals surface area (Å²) >= 11 is 0. The van der Waals surface area contributed by atoms with Gasteiger partial charge in [0.25, 0.3) is 0 Å². The van der Waals surface area contributed by atoms with E-state index in [0.717, 1.165) is 12.0 Å². The molecule has 0 aliphatic carbocycles. The Morgan fingerprint density at radius 2 is 1.85 bits per heavy atom. The quantitative estimate of drug-likeness (QED) is 0.536. The van der Waals surface area contributed by atoms with Crippen molar-refractivity contribution in [3.8, 4) is 0 Å². The Labute approximate surface area is 80.0 Å². The maximum atomic E-state index is 10.3. The normalized spacial score (nSPS) is 13.6. The third-order valence-corrected chi connectivity index (χ3v) is 1.56. The SMILES string of the molecule is CC(=CC(=O)O)C=C(C)CC(C)C. The van der Waals surface area contributed by atoms with Gasteiger partial charge in [0.1, 0.15) is 0 Å². The van der Waals surface area contributed by atoms with Crippen LogP contribution < -0.4 is 0 Å². The first-order valence-electron chi connectivity index (χ1n) is 4.50. The summed E-state index contributed by atoms with van der Waals surface area (Å²) < 4.78 is 0. The van der Waals surface area contributed by atoms with E-state index in [4.69, 9.17) is 5.11 Å². The molecule has 2 heteroatoms. The van der Waals surface area contributed by atoms with Gasteiger partial charge in [-0.05, 0) is 31.8 Å². The van der Waals surface area contributed by atoms with Crippen molar-refractivity contribution in [3.63, 3.8) is 0 Å². The fourth-order valence-corrected chi connectivity index (χ4v) is 1.33. The highest BCUT2D eigenvalue weighted by Crippen LogP contribution is 2.11. The van der Waals surface area contributed by atoms with Crippen LogP contribution in [0.15, 0.2) is 23.3 Å². The highest BCUT2D eigenvalue weighted by molar-refractivity contribution is 5.81. The second-order valence-electron chi connectivity index (χ2n) is 3.82. The maximum absolute atomic E-state index is 10.3. The minimum atomic E-state index is -0.883. The molecule has 0 amide bonds. The topological polar surface area (TPSA) is 37.3 Å². The fourth-order valence-electron chi connectivity index (χ4n) is 1.33. The standard InChI is InChI=1S/C11H18O2/c1-8(2)5-9(3)6-10(4)7-11(12)13/h6-8H,5H2,1-4H3,(H,12,13). The zero-order valence-electron chi connectivity index (χ0n) is 8.79.